The van der Waals surface area contributed by atoms with E-state index in [2.05, 4.69) is 16.0 Å². The Hall–Kier alpha value is -1.29. The van der Waals surface area contributed by atoms with E-state index in [1.807, 2.05) is 4.90 Å². The molecule has 1 saturated carbocycles. The second-order valence-electron chi connectivity index (χ2n) is 11.8. The molecule has 3 heterocycles. The first-order valence-corrected chi connectivity index (χ1v) is 13.9. The molecule has 9 heteroatoms. The molecule has 3 saturated heterocycles. The van der Waals surface area contributed by atoms with E-state index in [9.17, 15) is 14.0 Å². The molecule has 4 fully saturated rings. The van der Waals surface area contributed by atoms with Gasteiger partial charge in [0.2, 0.25) is 11.8 Å². The molecule has 8 nitrogen and oxygen atoms in total. The highest BCUT2D eigenvalue weighted by atomic mass is 19.1. The molecule has 35 heavy (non-hydrogen) atoms. The molecule has 5 atom stereocenters. The maximum atomic E-state index is 14.5. The zero-order chi connectivity index (χ0) is 25.0. The van der Waals surface area contributed by atoms with E-state index in [0.29, 0.717) is 18.3 Å². The number of piperidine rings is 2. The van der Waals surface area contributed by atoms with Crippen LogP contribution in [-0.2, 0) is 9.59 Å². The molecule has 1 aliphatic carbocycles. The van der Waals surface area contributed by atoms with Crippen LogP contribution in [0.2, 0.25) is 0 Å². The summed E-state index contributed by atoms with van der Waals surface area (Å²) in [5.74, 6) is 0.282. The number of carbonyl (C=O) groups is 2. The second-order valence-corrected chi connectivity index (χ2v) is 11.8. The van der Waals surface area contributed by atoms with E-state index in [1.54, 1.807) is 6.92 Å². The lowest BCUT2D eigenvalue weighted by Gasteiger charge is -2.43. The largest absolute Gasteiger partial charge is 0.351 e. The monoisotopic (exact) mass is 494 g/mol. The van der Waals surface area contributed by atoms with Crippen molar-refractivity contribution in [3.05, 3.63) is 0 Å². The van der Waals surface area contributed by atoms with Crippen LogP contribution in [0.25, 0.3) is 0 Å². The molecule has 2 amide bonds. The number of nitrogens with one attached hydrogen (secondary N) is 3. The van der Waals surface area contributed by atoms with Gasteiger partial charge in [0.25, 0.3) is 0 Å². The van der Waals surface area contributed by atoms with Crippen LogP contribution in [0.3, 0.4) is 0 Å². The Kier molecular flexibility index (Phi) is 9.05. The normalized spacial score (nSPS) is 33.3. The molecule has 0 radical (unpaired) electrons. The van der Waals surface area contributed by atoms with Gasteiger partial charge in [0.15, 0.2) is 0 Å². The molecule has 4 rings (SSSR count). The highest BCUT2D eigenvalue weighted by molar-refractivity contribution is 5.80. The topological polar surface area (TPSA) is 126 Å². The minimum Gasteiger partial charge on any atom is -0.351 e. The van der Waals surface area contributed by atoms with Crippen LogP contribution in [-0.4, -0.2) is 73.9 Å². The summed E-state index contributed by atoms with van der Waals surface area (Å²) in [7, 11) is 0. The van der Waals surface area contributed by atoms with Gasteiger partial charge in [-0.05, 0) is 75.2 Å². The quantitative estimate of drug-likeness (QED) is 0.366. The summed E-state index contributed by atoms with van der Waals surface area (Å²) < 4.78 is 14.5. The summed E-state index contributed by atoms with van der Waals surface area (Å²) in [6, 6.07) is -0.213. The SMILES string of the molecule is CC(=O)N1CCC(C2CCNCC2NC(=O)C(C(N)N)C2CC3(CCCC3)CCC(F)CN2)CC1. The molecular formula is C26H47FN6O2. The lowest BCUT2D eigenvalue weighted by Crippen LogP contribution is -2.62. The van der Waals surface area contributed by atoms with E-state index in [1.165, 1.54) is 12.8 Å². The Balaban J connectivity index is 1.44. The summed E-state index contributed by atoms with van der Waals surface area (Å²) in [4.78, 5) is 27.4. The van der Waals surface area contributed by atoms with Gasteiger partial charge in [0.05, 0.1) is 12.1 Å². The van der Waals surface area contributed by atoms with Gasteiger partial charge in [-0.3, -0.25) is 9.59 Å². The number of nitrogens with zero attached hydrogens (tertiary/aromatic N) is 1. The lowest BCUT2D eigenvalue weighted by molar-refractivity contribution is -0.130. The predicted molar refractivity (Wildman–Crippen MR) is 135 cm³/mol. The molecule has 0 aromatic rings. The predicted octanol–water partition coefficient (Wildman–Crippen LogP) is 1.24. The van der Waals surface area contributed by atoms with E-state index in [0.717, 1.165) is 71.1 Å². The summed E-state index contributed by atoms with van der Waals surface area (Å²) in [5.41, 5.74) is 12.6. The van der Waals surface area contributed by atoms with Crippen LogP contribution >= 0.6 is 0 Å². The Labute approximate surface area is 209 Å². The first-order chi connectivity index (χ1) is 16.8. The van der Waals surface area contributed by atoms with Gasteiger partial charge in [-0.15, -0.1) is 0 Å². The average molecular weight is 495 g/mol. The lowest BCUT2D eigenvalue weighted by atomic mass is 9.72. The van der Waals surface area contributed by atoms with Crippen molar-refractivity contribution in [1.82, 2.24) is 20.9 Å². The zero-order valence-corrected chi connectivity index (χ0v) is 21.4. The third-order valence-electron chi connectivity index (χ3n) is 9.51. The summed E-state index contributed by atoms with van der Waals surface area (Å²) >= 11 is 0. The van der Waals surface area contributed by atoms with E-state index < -0.39 is 18.3 Å². The molecule has 1 spiro atoms. The molecule has 200 valence electrons. The molecule has 7 N–H and O–H groups in total. The number of hydrogen-bond acceptors (Lipinski definition) is 6. The Morgan fingerprint density at radius 2 is 1.77 bits per heavy atom. The standard InChI is InChI=1S/C26H47FN6O2/c1-17(34)33-12-6-18(7-13-33)20-5-11-30-16-22(20)32-25(35)23(24(28)29)21-14-26(8-2-3-9-26)10-4-19(27)15-31-21/h18-24,30-31H,2-16,28-29H2,1H3,(H,32,35). The van der Waals surface area contributed by atoms with Crippen molar-refractivity contribution >= 4 is 11.8 Å². The molecule has 3 aliphatic heterocycles. The van der Waals surface area contributed by atoms with Crippen molar-refractivity contribution in [3.8, 4) is 0 Å². The number of nitrogens with two attached hydrogens (primary N) is 2. The van der Waals surface area contributed by atoms with Crippen molar-refractivity contribution in [2.75, 3.05) is 32.7 Å². The van der Waals surface area contributed by atoms with Crippen molar-refractivity contribution < 1.29 is 14.0 Å². The van der Waals surface area contributed by atoms with Crippen LogP contribution in [0, 0.1) is 23.2 Å². The number of amides is 2. The molecule has 4 aliphatic rings. The summed E-state index contributed by atoms with van der Waals surface area (Å²) in [6.07, 6.45) is 8.08. The Bertz CT molecular complexity index is 723. The van der Waals surface area contributed by atoms with Gasteiger partial charge in [-0.1, -0.05) is 12.8 Å². The molecule has 5 unspecified atom stereocenters. The first-order valence-electron chi connectivity index (χ1n) is 13.9. The van der Waals surface area contributed by atoms with Gasteiger partial charge in [0, 0.05) is 45.2 Å². The van der Waals surface area contributed by atoms with Crippen LogP contribution in [0.5, 0.6) is 0 Å². The van der Waals surface area contributed by atoms with E-state index in [-0.39, 0.29) is 35.9 Å². The van der Waals surface area contributed by atoms with Crippen molar-refractivity contribution in [2.24, 2.45) is 34.6 Å². The fraction of sp³-hybridized carbons (Fsp3) is 0.923. The fourth-order valence-corrected chi connectivity index (χ4v) is 7.47. The second kappa shape index (κ2) is 11.8. The number of hydrogen-bond donors (Lipinski definition) is 5. The number of halogens is 1. The van der Waals surface area contributed by atoms with Crippen LogP contribution in [0.15, 0.2) is 0 Å². The third-order valence-corrected chi connectivity index (χ3v) is 9.51. The van der Waals surface area contributed by atoms with Gasteiger partial charge in [0.1, 0.15) is 6.17 Å². The first kappa shape index (κ1) is 26.8. The van der Waals surface area contributed by atoms with Crippen LogP contribution in [0.4, 0.5) is 4.39 Å². The molecule has 0 aromatic carbocycles. The van der Waals surface area contributed by atoms with Gasteiger partial charge < -0.3 is 32.3 Å². The fourth-order valence-electron chi connectivity index (χ4n) is 7.47. The number of rotatable bonds is 5. The molecular weight excluding hydrogens is 447 g/mol. The van der Waals surface area contributed by atoms with Crippen LogP contribution < -0.4 is 27.4 Å². The van der Waals surface area contributed by atoms with Gasteiger partial charge in [-0.25, -0.2) is 4.39 Å². The number of likely N-dealkylation sites (tertiary alicyclic amines) is 1. The highest BCUT2D eigenvalue weighted by Gasteiger charge is 2.44. The maximum Gasteiger partial charge on any atom is 0.227 e. The van der Waals surface area contributed by atoms with Gasteiger partial charge >= 0.3 is 0 Å². The van der Waals surface area contributed by atoms with Crippen molar-refractivity contribution in [1.29, 1.82) is 0 Å². The highest BCUT2D eigenvalue weighted by Crippen LogP contribution is 2.47. The third kappa shape index (κ3) is 6.53. The van der Waals surface area contributed by atoms with E-state index >= 15 is 0 Å². The van der Waals surface area contributed by atoms with Gasteiger partial charge in [-0.2, -0.15) is 0 Å². The molecule has 0 aromatic heterocycles. The minimum absolute atomic E-state index is 0.00861. The summed E-state index contributed by atoms with van der Waals surface area (Å²) in [6.45, 7) is 5.13. The maximum absolute atomic E-state index is 14.5. The van der Waals surface area contributed by atoms with E-state index in [4.69, 9.17) is 11.5 Å². The number of carbonyl (C=O) groups excluding carboxylic acids is 2. The zero-order valence-electron chi connectivity index (χ0n) is 21.4. The van der Waals surface area contributed by atoms with Crippen LogP contribution in [0.1, 0.15) is 71.1 Å². The van der Waals surface area contributed by atoms with Crippen molar-refractivity contribution in [3.63, 3.8) is 0 Å². The molecule has 0 bridgehead atoms. The smallest absolute Gasteiger partial charge is 0.227 e. The average Bonchev–Trinajstić information content (AvgIpc) is 3.29. The Morgan fingerprint density at radius 3 is 2.43 bits per heavy atom. The summed E-state index contributed by atoms with van der Waals surface area (Å²) in [5, 5.41) is 10.1. The number of alkyl halides is 1. The minimum atomic E-state index is -0.902. The Morgan fingerprint density at radius 1 is 1.06 bits per heavy atom. The van der Waals surface area contributed by atoms with Crippen molar-refractivity contribution in [2.45, 2.75) is 95.6 Å².